The number of nitrogen functional groups attached to an aromatic ring is 1. The molecule has 0 saturated heterocycles. The van der Waals surface area contributed by atoms with Crippen molar-refractivity contribution >= 4 is 17.6 Å². The van der Waals surface area contributed by atoms with Gasteiger partial charge < -0.3 is 25.1 Å². The topological polar surface area (TPSA) is 119 Å². The highest BCUT2D eigenvalue weighted by atomic mass is 16.5. The van der Waals surface area contributed by atoms with Gasteiger partial charge in [-0.05, 0) is 29.8 Å². The summed E-state index contributed by atoms with van der Waals surface area (Å²) < 4.78 is 11.3. The van der Waals surface area contributed by atoms with Gasteiger partial charge in [0.2, 0.25) is 0 Å². The minimum absolute atomic E-state index is 0.00204. The summed E-state index contributed by atoms with van der Waals surface area (Å²) in [7, 11) is 2.81. The Morgan fingerprint density at radius 3 is 2.47 bits per heavy atom. The van der Waals surface area contributed by atoms with Gasteiger partial charge in [0, 0.05) is 12.7 Å². The predicted octanol–water partition coefficient (Wildman–Crippen LogP) is 2.66. The Morgan fingerprint density at radius 2 is 1.83 bits per heavy atom. The molecule has 152 valence electrons. The Hall–Kier alpha value is -4.25. The average Bonchev–Trinajstić information content (AvgIpc) is 3.13. The van der Waals surface area contributed by atoms with E-state index >= 15 is 0 Å². The van der Waals surface area contributed by atoms with Gasteiger partial charge in [-0.2, -0.15) is 5.26 Å². The number of hydrogen-bond acceptors (Lipinski definition) is 6. The molecule has 0 spiro atoms. The Balaban J connectivity index is 1.94. The van der Waals surface area contributed by atoms with Crippen LogP contribution in [0.4, 0.5) is 5.69 Å². The third-order valence-corrected chi connectivity index (χ3v) is 4.56. The van der Waals surface area contributed by atoms with E-state index in [0.29, 0.717) is 17.8 Å². The molecule has 3 N–H and O–H groups in total. The molecule has 0 unspecified atom stereocenters. The van der Waals surface area contributed by atoms with E-state index in [0.717, 1.165) is 11.3 Å². The van der Waals surface area contributed by atoms with Crippen molar-refractivity contribution in [1.29, 1.82) is 5.26 Å². The van der Waals surface area contributed by atoms with Crippen LogP contribution in [0.5, 0.6) is 5.75 Å². The summed E-state index contributed by atoms with van der Waals surface area (Å²) in [5.74, 6) is -0.324. The number of anilines is 1. The Labute approximate surface area is 173 Å². The zero-order valence-corrected chi connectivity index (χ0v) is 16.5. The molecule has 0 fully saturated rings. The van der Waals surface area contributed by atoms with Crippen LogP contribution in [-0.2, 0) is 11.3 Å². The van der Waals surface area contributed by atoms with Gasteiger partial charge in [-0.3, -0.25) is 4.79 Å². The van der Waals surface area contributed by atoms with Crippen molar-refractivity contribution in [3.63, 3.8) is 0 Å². The van der Waals surface area contributed by atoms with Crippen molar-refractivity contribution in [2.45, 2.75) is 6.54 Å². The molecule has 0 aliphatic carbocycles. The summed E-state index contributed by atoms with van der Waals surface area (Å²) in [5.41, 5.74) is 7.67. The number of nitrogens with two attached hydrogens (primary N) is 1. The van der Waals surface area contributed by atoms with Gasteiger partial charge in [-0.25, -0.2) is 4.79 Å². The first-order chi connectivity index (χ1) is 14.5. The number of nitrogens with one attached hydrogen (secondary N) is 1. The molecule has 30 heavy (non-hydrogen) atoms. The van der Waals surface area contributed by atoms with Gasteiger partial charge in [0.15, 0.2) is 5.69 Å². The summed E-state index contributed by atoms with van der Waals surface area (Å²) in [6, 6.07) is 16.0. The minimum Gasteiger partial charge on any atom is -0.497 e. The van der Waals surface area contributed by atoms with E-state index in [1.165, 1.54) is 17.9 Å². The van der Waals surface area contributed by atoms with Crippen LogP contribution in [0.25, 0.3) is 5.69 Å². The number of nitriles is 1. The van der Waals surface area contributed by atoms with Gasteiger partial charge in [-0.15, -0.1) is 0 Å². The molecule has 2 aromatic carbocycles. The number of aromatic nitrogens is 1. The molecule has 1 heterocycles. The first-order valence-corrected chi connectivity index (χ1v) is 9.00. The molecule has 0 radical (unpaired) electrons. The first-order valence-electron chi connectivity index (χ1n) is 9.00. The van der Waals surface area contributed by atoms with E-state index in [9.17, 15) is 14.9 Å². The van der Waals surface area contributed by atoms with Gasteiger partial charge in [-0.1, -0.05) is 24.3 Å². The van der Waals surface area contributed by atoms with Crippen LogP contribution in [0.2, 0.25) is 0 Å². The second-order valence-electron chi connectivity index (χ2n) is 6.33. The molecule has 0 aliphatic heterocycles. The molecule has 3 aromatic rings. The van der Waals surface area contributed by atoms with E-state index in [2.05, 4.69) is 5.32 Å². The van der Waals surface area contributed by atoms with Gasteiger partial charge in [0.1, 0.15) is 11.8 Å². The van der Waals surface area contributed by atoms with Crippen molar-refractivity contribution < 1.29 is 19.1 Å². The lowest BCUT2D eigenvalue weighted by Gasteiger charge is -2.14. The number of carbonyl (C=O) groups is 2. The zero-order chi connectivity index (χ0) is 21.7. The second kappa shape index (κ2) is 8.84. The number of para-hydroxylation sites is 1. The fourth-order valence-corrected chi connectivity index (χ4v) is 3.00. The van der Waals surface area contributed by atoms with Crippen molar-refractivity contribution in [1.82, 2.24) is 9.88 Å². The molecule has 0 atom stereocenters. The number of benzene rings is 2. The van der Waals surface area contributed by atoms with Crippen LogP contribution < -0.4 is 15.8 Å². The maximum absolute atomic E-state index is 12.9. The predicted molar refractivity (Wildman–Crippen MR) is 110 cm³/mol. The van der Waals surface area contributed by atoms with Crippen molar-refractivity contribution in [2.75, 3.05) is 20.0 Å². The van der Waals surface area contributed by atoms with E-state index in [1.807, 2.05) is 30.3 Å². The number of carbonyl (C=O) groups excluding carboxylic acids is 2. The number of nitrogens with zero attached hydrogens (tertiary/aromatic N) is 2. The Bertz CT molecular complexity index is 1130. The molecular formula is C22H20N4O4. The van der Waals surface area contributed by atoms with E-state index in [1.54, 1.807) is 31.4 Å². The number of amides is 1. The van der Waals surface area contributed by atoms with Gasteiger partial charge in [0.25, 0.3) is 5.91 Å². The summed E-state index contributed by atoms with van der Waals surface area (Å²) in [5, 5.41) is 12.2. The van der Waals surface area contributed by atoms with Gasteiger partial charge >= 0.3 is 5.97 Å². The zero-order valence-electron chi connectivity index (χ0n) is 16.5. The molecule has 8 heteroatoms. The highest BCUT2D eigenvalue weighted by Crippen LogP contribution is 2.26. The summed E-state index contributed by atoms with van der Waals surface area (Å²) in [6.07, 6.45) is 1.41. The first kappa shape index (κ1) is 20.5. The van der Waals surface area contributed by atoms with Crippen molar-refractivity contribution in [2.24, 2.45) is 0 Å². The molecule has 1 aromatic heterocycles. The van der Waals surface area contributed by atoms with Crippen LogP contribution in [0.1, 0.15) is 32.0 Å². The third-order valence-electron chi connectivity index (χ3n) is 4.56. The Kier molecular flexibility index (Phi) is 6.03. The highest BCUT2D eigenvalue weighted by molar-refractivity contribution is 6.00. The van der Waals surface area contributed by atoms with Crippen molar-refractivity contribution in [3.05, 3.63) is 77.1 Å². The highest BCUT2D eigenvalue weighted by Gasteiger charge is 2.24. The quantitative estimate of drug-likeness (QED) is 0.610. The number of methoxy groups -OCH3 is 2. The van der Waals surface area contributed by atoms with Crippen LogP contribution in [0, 0.1) is 11.3 Å². The number of hydrogen-bond donors (Lipinski definition) is 2. The van der Waals surface area contributed by atoms with Crippen LogP contribution in [0.15, 0.2) is 54.7 Å². The van der Waals surface area contributed by atoms with E-state index in [4.69, 9.17) is 15.2 Å². The Morgan fingerprint density at radius 1 is 1.13 bits per heavy atom. The normalized spacial score (nSPS) is 10.2. The summed E-state index contributed by atoms with van der Waals surface area (Å²) in [6.45, 7) is 0.304. The maximum atomic E-state index is 12.9. The van der Waals surface area contributed by atoms with Crippen molar-refractivity contribution in [3.8, 4) is 17.5 Å². The van der Waals surface area contributed by atoms with Crippen LogP contribution >= 0.6 is 0 Å². The fourth-order valence-electron chi connectivity index (χ4n) is 3.00. The molecule has 0 aliphatic rings. The second-order valence-corrected chi connectivity index (χ2v) is 6.33. The minimum atomic E-state index is -0.706. The summed E-state index contributed by atoms with van der Waals surface area (Å²) in [4.78, 5) is 25.1. The van der Waals surface area contributed by atoms with E-state index < -0.39 is 5.97 Å². The lowest BCUT2D eigenvalue weighted by atomic mass is 10.1. The number of ether oxygens (including phenoxy) is 2. The standard InChI is InChI=1S/C22H20N4O4/c1-29-16-9-7-14(8-10-16)12-25-21(27)17-5-3-4-6-18(17)26-13-15(11-23)19(24)20(26)22(28)30-2/h3-10,13H,12,24H2,1-2H3,(H,25,27). The van der Waals surface area contributed by atoms with Gasteiger partial charge in [0.05, 0.1) is 36.7 Å². The van der Waals surface area contributed by atoms with Crippen LogP contribution in [0.3, 0.4) is 0 Å². The average molecular weight is 404 g/mol. The monoisotopic (exact) mass is 404 g/mol. The number of esters is 1. The molecular weight excluding hydrogens is 384 g/mol. The SMILES string of the molecule is COC(=O)c1c(N)c(C#N)cn1-c1ccccc1C(=O)NCc1ccc(OC)cc1. The lowest BCUT2D eigenvalue weighted by Crippen LogP contribution is -2.24. The third kappa shape index (κ3) is 3.95. The lowest BCUT2D eigenvalue weighted by molar-refractivity contribution is 0.0592. The fraction of sp³-hybridized carbons (Fsp3) is 0.136. The smallest absolute Gasteiger partial charge is 0.357 e. The molecule has 3 rings (SSSR count). The largest absolute Gasteiger partial charge is 0.497 e. The molecule has 0 saturated carbocycles. The maximum Gasteiger partial charge on any atom is 0.357 e. The summed E-state index contributed by atoms with van der Waals surface area (Å²) >= 11 is 0. The van der Waals surface area contributed by atoms with Crippen LogP contribution in [-0.4, -0.2) is 30.7 Å². The molecule has 1 amide bonds. The number of rotatable bonds is 6. The van der Waals surface area contributed by atoms with E-state index in [-0.39, 0.29) is 22.9 Å². The molecule has 0 bridgehead atoms. The molecule has 8 nitrogen and oxygen atoms in total.